The number of methoxy groups -OCH3 is 1. The number of benzene rings is 3. The van der Waals surface area contributed by atoms with Crippen LogP contribution in [0.1, 0.15) is 16.7 Å². The van der Waals surface area contributed by atoms with Gasteiger partial charge in [-0.2, -0.15) is 0 Å². The fraction of sp³-hybridized carbons (Fsp3) is 0.120. The topological polar surface area (TPSA) is 59.9 Å². The highest BCUT2D eigenvalue weighted by molar-refractivity contribution is 9.10. The molecule has 0 unspecified atom stereocenters. The van der Waals surface area contributed by atoms with E-state index in [0.29, 0.717) is 22.4 Å². The maximum atomic E-state index is 12.5. The van der Waals surface area contributed by atoms with E-state index in [1.54, 1.807) is 7.11 Å². The van der Waals surface area contributed by atoms with Crippen molar-refractivity contribution in [3.8, 4) is 11.5 Å². The number of carbonyl (C=O) groups is 1. The van der Waals surface area contributed by atoms with Crippen LogP contribution in [-0.4, -0.2) is 18.2 Å². The highest BCUT2D eigenvalue weighted by atomic mass is 79.9. The number of hydrogen-bond acceptors (Lipinski definition) is 5. The molecule has 0 atom stereocenters. The molecule has 0 spiro atoms. The second-order valence-corrected chi connectivity index (χ2v) is 9.08. The largest absolute Gasteiger partial charge is 0.497 e. The minimum Gasteiger partial charge on any atom is -0.497 e. The molecule has 1 aliphatic heterocycles. The van der Waals surface area contributed by atoms with Crippen molar-refractivity contribution in [3.63, 3.8) is 0 Å². The summed E-state index contributed by atoms with van der Waals surface area (Å²) in [7, 11) is 1.62. The van der Waals surface area contributed by atoms with E-state index in [0.717, 1.165) is 27.0 Å². The molecular formula is C25H21BrN2O3S. The third-order valence-corrected chi connectivity index (χ3v) is 6.13. The molecule has 0 aliphatic carbocycles. The summed E-state index contributed by atoms with van der Waals surface area (Å²) < 4.78 is 12.1. The number of amides is 1. The first-order valence-corrected chi connectivity index (χ1v) is 11.5. The van der Waals surface area contributed by atoms with Crippen LogP contribution in [0.5, 0.6) is 11.5 Å². The Labute approximate surface area is 199 Å². The van der Waals surface area contributed by atoms with Crippen molar-refractivity contribution in [1.29, 1.82) is 0 Å². The summed E-state index contributed by atoms with van der Waals surface area (Å²) in [4.78, 5) is 17.6. The first kappa shape index (κ1) is 22.2. The van der Waals surface area contributed by atoms with Crippen LogP contribution < -0.4 is 14.8 Å². The Balaban J connectivity index is 1.53. The highest BCUT2D eigenvalue weighted by Gasteiger charge is 2.24. The molecule has 1 aliphatic rings. The van der Waals surface area contributed by atoms with Crippen LogP contribution in [-0.2, 0) is 11.4 Å². The minimum absolute atomic E-state index is 0.188. The molecule has 1 fully saturated rings. The molecule has 162 valence electrons. The van der Waals surface area contributed by atoms with Gasteiger partial charge in [-0.05, 0) is 72.8 Å². The van der Waals surface area contributed by atoms with Crippen LogP contribution in [0.4, 0.5) is 5.69 Å². The van der Waals surface area contributed by atoms with Crippen molar-refractivity contribution in [2.45, 2.75) is 13.5 Å². The second-order valence-electron chi connectivity index (χ2n) is 7.14. The van der Waals surface area contributed by atoms with Crippen molar-refractivity contribution >= 4 is 50.5 Å². The van der Waals surface area contributed by atoms with Crippen molar-refractivity contribution in [2.75, 3.05) is 7.11 Å². The maximum Gasteiger partial charge on any atom is 0.264 e. The molecule has 1 saturated heterocycles. The SMILES string of the molecule is COc1ccc(N=C2NC(=O)/C(=C\c3cc(Br)ccc3OCc3ccc(C)cc3)S2)cc1. The Hall–Kier alpha value is -3.03. The Bertz CT molecular complexity index is 1190. The zero-order valence-electron chi connectivity index (χ0n) is 17.6. The smallest absolute Gasteiger partial charge is 0.264 e. The lowest BCUT2D eigenvalue weighted by Gasteiger charge is -2.10. The number of halogens is 1. The van der Waals surface area contributed by atoms with Gasteiger partial charge in [-0.25, -0.2) is 4.99 Å². The highest BCUT2D eigenvalue weighted by Crippen LogP contribution is 2.32. The number of ether oxygens (including phenoxy) is 2. The van der Waals surface area contributed by atoms with Crippen LogP contribution in [0.2, 0.25) is 0 Å². The average Bonchev–Trinajstić information content (AvgIpc) is 3.13. The fourth-order valence-corrected chi connectivity index (χ4v) is 4.22. The lowest BCUT2D eigenvalue weighted by atomic mass is 10.1. The zero-order chi connectivity index (χ0) is 22.5. The number of thioether (sulfide) groups is 1. The van der Waals surface area contributed by atoms with Gasteiger partial charge in [0, 0.05) is 10.0 Å². The van der Waals surface area contributed by atoms with Gasteiger partial charge < -0.3 is 14.8 Å². The summed E-state index contributed by atoms with van der Waals surface area (Å²) in [5.74, 6) is 1.27. The maximum absolute atomic E-state index is 12.5. The van der Waals surface area contributed by atoms with Crippen LogP contribution in [0.25, 0.3) is 6.08 Å². The molecule has 3 aromatic rings. The summed E-state index contributed by atoms with van der Waals surface area (Å²) in [6, 6.07) is 21.3. The van der Waals surface area contributed by atoms with Gasteiger partial charge in [-0.3, -0.25) is 4.79 Å². The summed E-state index contributed by atoms with van der Waals surface area (Å²) in [6.45, 7) is 2.50. The zero-order valence-corrected chi connectivity index (χ0v) is 20.0. The molecule has 0 bridgehead atoms. The van der Waals surface area contributed by atoms with Crippen LogP contribution in [0.15, 0.2) is 81.1 Å². The third-order valence-electron chi connectivity index (χ3n) is 4.73. The minimum atomic E-state index is -0.188. The molecule has 0 aromatic heterocycles. The molecule has 4 rings (SSSR count). The van der Waals surface area contributed by atoms with Crippen LogP contribution in [0, 0.1) is 6.92 Å². The molecule has 1 N–H and O–H groups in total. The molecular weight excluding hydrogens is 488 g/mol. The third kappa shape index (κ3) is 5.60. The Morgan fingerprint density at radius 3 is 2.53 bits per heavy atom. The number of nitrogens with zero attached hydrogens (tertiary/aromatic N) is 1. The van der Waals surface area contributed by atoms with Crippen molar-refractivity contribution in [3.05, 3.63) is 92.8 Å². The molecule has 0 saturated carbocycles. The van der Waals surface area contributed by atoms with Gasteiger partial charge in [-0.1, -0.05) is 45.8 Å². The number of carbonyl (C=O) groups excluding carboxylic acids is 1. The number of aliphatic imine (C=N–C) groups is 1. The van der Waals surface area contributed by atoms with E-state index in [9.17, 15) is 4.79 Å². The Morgan fingerprint density at radius 2 is 1.81 bits per heavy atom. The van der Waals surface area contributed by atoms with Gasteiger partial charge in [0.2, 0.25) is 0 Å². The molecule has 1 amide bonds. The second kappa shape index (κ2) is 10.1. The van der Waals surface area contributed by atoms with Gasteiger partial charge in [0.25, 0.3) is 5.91 Å². The predicted molar refractivity (Wildman–Crippen MR) is 133 cm³/mol. The number of rotatable bonds is 6. The van der Waals surface area contributed by atoms with Gasteiger partial charge in [-0.15, -0.1) is 0 Å². The van der Waals surface area contributed by atoms with E-state index >= 15 is 0 Å². The number of hydrogen-bond donors (Lipinski definition) is 1. The average molecular weight is 509 g/mol. The van der Waals surface area contributed by atoms with E-state index in [1.165, 1.54) is 17.3 Å². The summed E-state index contributed by atoms with van der Waals surface area (Å²) in [5, 5.41) is 3.35. The van der Waals surface area contributed by atoms with E-state index in [1.807, 2.05) is 48.5 Å². The molecule has 5 nitrogen and oxygen atoms in total. The lowest BCUT2D eigenvalue weighted by Crippen LogP contribution is -2.19. The van der Waals surface area contributed by atoms with Crippen molar-refractivity contribution < 1.29 is 14.3 Å². The van der Waals surface area contributed by atoms with Gasteiger partial charge in [0.15, 0.2) is 5.17 Å². The van der Waals surface area contributed by atoms with Gasteiger partial charge >= 0.3 is 0 Å². The number of aryl methyl sites for hydroxylation is 1. The van der Waals surface area contributed by atoms with Gasteiger partial charge in [0.1, 0.15) is 18.1 Å². The molecule has 1 heterocycles. The molecule has 7 heteroatoms. The normalized spacial score (nSPS) is 15.8. The Kier molecular flexibility index (Phi) is 6.97. The van der Waals surface area contributed by atoms with E-state index in [4.69, 9.17) is 9.47 Å². The number of nitrogens with one attached hydrogen (secondary N) is 1. The first-order valence-electron chi connectivity index (χ1n) is 9.92. The number of amidine groups is 1. The van der Waals surface area contributed by atoms with E-state index in [-0.39, 0.29) is 5.91 Å². The fourth-order valence-electron chi connectivity index (χ4n) is 3.00. The monoisotopic (exact) mass is 508 g/mol. The van der Waals surface area contributed by atoms with Crippen LogP contribution in [0.3, 0.4) is 0 Å². The standard InChI is InChI=1S/C25H21BrN2O3S/c1-16-3-5-17(6-4-16)15-31-22-12-7-19(26)13-18(22)14-23-24(29)28-25(32-23)27-20-8-10-21(30-2)11-9-20/h3-14H,15H2,1-2H3,(H,27,28,29)/b23-14+. The molecule has 0 radical (unpaired) electrons. The van der Waals surface area contributed by atoms with E-state index in [2.05, 4.69) is 57.4 Å². The van der Waals surface area contributed by atoms with Gasteiger partial charge in [0.05, 0.1) is 17.7 Å². The van der Waals surface area contributed by atoms with Crippen molar-refractivity contribution in [2.24, 2.45) is 4.99 Å². The lowest BCUT2D eigenvalue weighted by molar-refractivity contribution is -0.115. The Morgan fingerprint density at radius 1 is 1.06 bits per heavy atom. The molecule has 3 aromatic carbocycles. The summed E-state index contributed by atoms with van der Waals surface area (Å²) >= 11 is 4.80. The van der Waals surface area contributed by atoms with Crippen molar-refractivity contribution in [1.82, 2.24) is 5.32 Å². The quantitative estimate of drug-likeness (QED) is 0.400. The first-order chi connectivity index (χ1) is 15.5. The van der Waals surface area contributed by atoms with E-state index < -0.39 is 0 Å². The predicted octanol–water partition coefficient (Wildman–Crippen LogP) is 6.24. The summed E-state index contributed by atoms with van der Waals surface area (Å²) in [6.07, 6.45) is 1.83. The van der Waals surface area contributed by atoms with Crippen LogP contribution >= 0.6 is 27.7 Å². The molecule has 32 heavy (non-hydrogen) atoms. The summed E-state index contributed by atoms with van der Waals surface area (Å²) in [5.41, 5.74) is 3.84.